The second-order valence-electron chi connectivity index (χ2n) is 6.82. The van der Waals surface area contributed by atoms with Crippen LogP contribution in [0.15, 0.2) is 24.3 Å². The Morgan fingerprint density at radius 3 is 1.43 bits per heavy atom. The third-order valence-electron chi connectivity index (χ3n) is 4.98. The Bertz CT molecular complexity index is 716. The standard InChI is InChI=1S/C18H22N4O6/c23-15(24)13-3-1-9-21(13)17(27)19-11-5-7-12(8-6-11)20-18(28)22-10-2-4-14(22)16(25)26/h5-8,13-14H,1-4,9-10H2,(H,19,27)(H,20,28)(H,23,24)(H,25,26)/t13-,14-/m0/s1. The molecule has 0 spiro atoms. The molecule has 0 saturated carbocycles. The lowest BCUT2D eigenvalue weighted by Crippen LogP contribution is -2.43. The third kappa shape index (κ3) is 4.16. The van der Waals surface area contributed by atoms with Crippen LogP contribution in [0.2, 0.25) is 0 Å². The van der Waals surface area contributed by atoms with E-state index < -0.39 is 36.1 Å². The molecule has 2 saturated heterocycles. The van der Waals surface area contributed by atoms with Gasteiger partial charge in [0.1, 0.15) is 12.1 Å². The van der Waals surface area contributed by atoms with E-state index in [0.717, 1.165) is 0 Å². The van der Waals surface area contributed by atoms with Crippen LogP contribution < -0.4 is 10.6 Å². The monoisotopic (exact) mass is 390 g/mol. The molecule has 2 atom stereocenters. The van der Waals surface area contributed by atoms with Crippen LogP contribution in [0.25, 0.3) is 0 Å². The van der Waals surface area contributed by atoms with Crippen molar-refractivity contribution in [1.29, 1.82) is 0 Å². The zero-order chi connectivity index (χ0) is 20.3. The van der Waals surface area contributed by atoms with E-state index in [1.165, 1.54) is 9.80 Å². The van der Waals surface area contributed by atoms with E-state index in [1.807, 2.05) is 0 Å². The molecule has 150 valence electrons. The zero-order valence-corrected chi connectivity index (χ0v) is 15.1. The first kappa shape index (κ1) is 19.5. The molecule has 4 N–H and O–H groups in total. The number of carboxylic acids is 2. The van der Waals surface area contributed by atoms with Gasteiger partial charge in [-0.25, -0.2) is 19.2 Å². The molecule has 2 aliphatic heterocycles. The summed E-state index contributed by atoms with van der Waals surface area (Å²) in [4.78, 5) is 49.5. The van der Waals surface area contributed by atoms with Gasteiger partial charge >= 0.3 is 24.0 Å². The van der Waals surface area contributed by atoms with Crippen molar-refractivity contribution in [2.45, 2.75) is 37.8 Å². The van der Waals surface area contributed by atoms with Gasteiger partial charge in [-0.15, -0.1) is 0 Å². The number of amides is 4. The Balaban J connectivity index is 1.58. The lowest BCUT2D eigenvalue weighted by molar-refractivity contribution is -0.142. The van der Waals surface area contributed by atoms with Crippen molar-refractivity contribution < 1.29 is 29.4 Å². The number of carbonyl (C=O) groups is 4. The first-order chi connectivity index (χ1) is 13.4. The molecule has 2 fully saturated rings. The molecule has 4 amide bonds. The highest BCUT2D eigenvalue weighted by atomic mass is 16.4. The largest absolute Gasteiger partial charge is 0.480 e. The lowest BCUT2D eigenvalue weighted by Gasteiger charge is -2.22. The summed E-state index contributed by atoms with van der Waals surface area (Å²) in [5, 5.41) is 23.6. The van der Waals surface area contributed by atoms with Crippen LogP contribution in [0.4, 0.5) is 21.0 Å². The van der Waals surface area contributed by atoms with Gasteiger partial charge in [0.15, 0.2) is 0 Å². The lowest BCUT2D eigenvalue weighted by atomic mass is 10.2. The molecule has 1 aromatic rings. The van der Waals surface area contributed by atoms with Gasteiger partial charge in [-0.3, -0.25) is 0 Å². The van der Waals surface area contributed by atoms with Crippen LogP contribution in [0.1, 0.15) is 25.7 Å². The van der Waals surface area contributed by atoms with Gasteiger partial charge in [0.2, 0.25) is 0 Å². The summed E-state index contributed by atoms with van der Waals surface area (Å²) >= 11 is 0. The Hall–Kier alpha value is -3.30. The summed E-state index contributed by atoms with van der Waals surface area (Å²) in [5.74, 6) is -2.04. The molecule has 10 heteroatoms. The second-order valence-corrected chi connectivity index (χ2v) is 6.82. The average molecular weight is 390 g/mol. The Kier molecular flexibility index (Phi) is 5.67. The fraction of sp³-hybridized carbons (Fsp3) is 0.444. The molecule has 2 heterocycles. The molecule has 2 aliphatic rings. The summed E-state index contributed by atoms with van der Waals surface area (Å²) < 4.78 is 0. The fourth-order valence-electron chi connectivity index (χ4n) is 3.56. The van der Waals surface area contributed by atoms with Gasteiger partial charge < -0.3 is 30.6 Å². The van der Waals surface area contributed by atoms with E-state index in [-0.39, 0.29) is 0 Å². The average Bonchev–Trinajstić information content (AvgIpc) is 3.33. The maximum atomic E-state index is 12.3. The number of likely N-dealkylation sites (tertiary alicyclic amines) is 2. The summed E-state index contributed by atoms with van der Waals surface area (Å²) in [5.41, 5.74) is 0.923. The number of anilines is 2. The van der Waals surface area contributed by atoms with Gasteiger partial charge in [0.05, 0.1) is 0 Å². The Labute approximate surface area is 161 Å². The van der Waals surface area contributed by atoms with Crippen LogP contribution >= 0.6 is 0 Å². The number of rotatable bonds is 4. The van der Waals surface area contributed by atoms with Crippen molar-refractivity contribution in [3.05, 3.63) is 24.3 Å². The van der Waals surface area contributed by atoms with Crippen molar-refractivity contribution in [2.75, 3.05) is 23.7 Å². The minimum atomic E-state index is -1.02. The second kappa shape index (κ2) is 8.15. The van der Waals surface area contributed by atoms with E-state index in [9.17, 15) is 19.2 Å². The number of hydrogen-bond acceptors (Lipinski definition) is 4. The number of aliphatic carboxylic acids is 2. The van der Waals surface area contributed by atoms with Crippen molar-refractivity contribution >= 4 is 35.4 Å². The molecule has 10 nitrogen and oxygen atoms in total. The van der Waals surface area contributed by atoms with Crippen LogP contribution in [-0.2, 0) is 9.59 Å². The molecule has 0 unspecified atom stereocenters. The SMILES string of the molecule is O=C(O)[C@@H]1CCCN1C(=O)Nc1ccc(NC(=O)N2CCC[C@H]2C(=O)O)cc1. The van der Waals surface area contributed by atoms with Gasteiger partial charge in [0.25, 0.3) is 0 Å². The molecule has 0 aliphatic carbocycles. The van der Waals surface area contributed by atoms with E-state index in [1.54, 1.807) is 24.3 Å². The Morgan fingerprint density at radius 1 is 0.750 bits per heavy atom. The maximum absolute atomic E-state index is 12.3. The summed E-state index contributed by atoms with van der Waals surface area (Å²) in [6.45, 7) is 0.773. The quantitative estimate of drug-likeness (QED) is 0.619. The van der Waals surface area contributed by atoms with Gasteiger partial charge in [0, 0.05) is 24.5 Å². The van der Waals surface area contributed by atoms with Crippen molar-refractivity contribution in [3.63, 3.8) is 0 Å². The molecule has 3 rings (SSSR count). The first-order valence-corrected chi connectivity index (χ1v) is 9.07. The van der Waals surface area contributed by atoms with Crippen molar-refractivity contribution in [2.24, 2.45) is 0 Å². The summed E-state index contributed by atoms with van der Waals surface area (Å²) in [7, 11) is 0. The summed E-state index contributed by atoms with van der Waals surface area (Å²) in [6.07, 6.45) is 2.15. The first-order valence-electron chi connectivity index (χ1n) is 9.07. The number of carboxylic acid groups (broad SMARTS) is 2. The maximum Gasteiger partial charge on any atom is 0.326 e. The predicted octanol–water partition coefficient (Wildman–Crippen LogP) is 1.85. The van der Waals surface area contributed by atoms with Gasteiger partial charge in [-0.1, -0.05) is 0 Å². The molecular formula is C18H22N4O6. The molecular weight excluding hydrogens is 368 g/mol. The third-order valence-corrected chi connectivity index (χ3v) is 4.98. The van der Waals surface area contributed by atoms with E-state index in [0.29, 0.717) is 50.1 Å². The Morgan fingerprint density at radius 2 is 1.11 bits per heavy atom. The number of urea groups is 2. The number of nitrogens with zero attached hydrogens (tertiary/aromatic N) is 2. The minimum Gasteiger partial charge on any atom is -0.480 e. The molecule has 28 heavy (non-hydrogen) atoms. The van der Waals surface area contributed by atoms with Crippen molar-refractivity contribution in [1.82, 2.24) is 9.80 Å². The normalized spacial score (nSPS) is 21.4. The number of nitrogens with one attached hydrogen (secondary N) is 2. The fourth-order valence-corrected chi connectivity index (χ4v) is 3.56. The highest BCUT2D eigenvalue weighted by molar-refractivity contribution is 5.94. The number of benzene rings is 1. The number of hydrogen-bond donors (Lipinski definition) is 4. The molecule has 0 aromatic heterocycles. The number of carbonyl (C=O) groups excluding carboxylic acids is 2. The van der Waals surface area contributed by atoms with Gasteiger partial charge in [-0.2, -0.15) is 0 Å². The van der Waals surface area contributed by atoms with Crippen molar-refractivity contribution in [3.8, 4) is 0 Å². The van der Waals surface area contributed by atoms with Crippen LogP contribution in [0.3, 0.4) is 0 Å². The van der Waals surface area contributed by atoms with Crippen LogP contribution in [0.5, 0.6) is 0 Å². The highest BCUT2D eigenvalue weighted by Crippen LogP contribution is 2.22. The van der Waals surface area contributed by atoms with E-state index in [2.05, 4.69) is 10.6 Å². The molecule has 0 radical (unpaired) electrons. The van der Waals surface area contributed by atoms with E-state index in [4.69, 9.17) is 10.2 Å². The zero-order valence-electron chi connectivity index (χ0n) is 15.1. The topological polar surface area (TPSA) is 139 Å². The minimum absolute atomic E-state index is 0.386. The molecule has 1 aromatic carbocycles. The summed E-state index contributed by atoms with van der Waals surface area (Å²) in [6, 6.07) is 3.72. The smallest absolute Gasteiger partial charge is 0.326 e. The highest BCUT2D eigenvalue weighted by Gasteiger charge is 2.35. The van der Waals surface area contributed by atoms with Crippen LogP contribution in [-0.4, -0.2) is 69.2 Å². The predicted molar refractivity (Wildman–Crippen MR) is 99.2 cm³/mol. The van der Waals surface area contributed by atoms with Crippen LogP contribution in [0, 0.1) is 0 Å². The van der Waals surface area contributed by atoms with Gasteiger partial charge in [-0.05, 0) is 49.9 Å². The van der Waals surface area contributed by atoms with E-state index >= 15 is 0 Å². The molecule has 0 bridgehead atoms.